The molecular formula is C16H14Cl3NO2. The van der Waals surface area contributed by atoms with E-state index in [1.54, 1.807) is 42.5 Å². The van der Waals surface area contributed by atoms with Gasteiger partial charge in [-0.1, -0.05) is 47.8 Å². The number of hydrogen-bond acceptors (Lipinski definition) is 2. The lowest BCUT2D eigenvalue weighted by molar-refractivity contribution is -0.122. The summed E-state index contributed by atoms with van der Waals surface area (Å²) in [6, 6.07) is 11.8. The van der Waals surface area contributed by atoms with E-state index in [4.69, 9.17) is 39.5 Å². The molecule has 6 heteroatoms. The van der Waals surface area contributed by atoms with Gasteiger partial charge in [0.05, 0.1) is 0 Å². The summed E-state index contributed by atoms with van der Waals surface area (Å²) >= 11 is 17.7. The topological polar surface area (TPSA) is 38.3 Å². The quantitative estimate of drug-likeness (QED) is 0.772. The smallest absolute Gasteiger partial charge is 0.265 e. The maximum Gasteiger partial charge on any atom is 0.265 e. The van der Waals surface area contributed by atoms with E-state index in [2.05, 4.69) is 5.32 Å². The van der Waals surface area contributed by atoms with Crippen LogP contribution >= 0.6 is 34.8 Å². The third-order valence-electron chi connectivity index (χ3n) is 2.87. The van der Waals surface area contributed by atoms with Crippen LogP contribution in [-0.2, 0) is 4.79 Å². The Morgan fingerprint density at radius 2 is 1.77 bits per heavy atom. The number of hydrogen-bond donors (Lipinski definition) is 1. The molecule has 1 N–H and O–H groups in total. The summed E-state index contributed by atoms with van der Waals surface area (Å²) in [6.07, 6.45) is -0.136. The third-order valence-corrected chi connectivity index (χ3v) is 3.54. The number of nitrogens with one attached hydrogen (secondary N) is 1. The highest BCUT2D eigenvalue weighted by Crippen LogP contribution is 2.23. The van der Waals surface area contributed by atoms with Crippen LogP contribution in [0.4, 0.5) is 5.69 Å². The molecular weight excluding hydrogens is 345 g/mol. The molecule has 2 aromatic rings. The molecule has 0 heterocycles. The minimum absolute atomic E-state index is 0.277. The van der Waals surface area contributed by atoms with Gasteiger partial charge in [-0.15, -0.1) is 0 Å². The molecule has 0 unspecified atom stereocenters. The van der Waals surface area contributed by atoms with Crippen molar-refractivity contribution >= 4 is 46.4 Å². The van der Waals surface area contributed by atoms with Crippen molar-refractivity contribution in [2.45, 2.75) is 19.4 Å². The summed E-state index contributed by atoms with van der Waals surface area (Å²) in [5.74, 6) is 0.263. The monoisotopic (exact) mass is 357 g/mol. The molecule has 0 bridgehead atoms. The molecule has 0 aliphatic heterocycles. The molecule has 2 aromatic carbocycles. The predicted octanol–water partition coefficient (Wildman–Crippen LogP) is 5.44. The van der Waals surface area contributed by atoms with Gasteiger partial charge in [0.2, 0.25) is 0 Å². The Balaban J connectivity index is 2.08. The summed E-state index contributed by atoms with van der Waals surface area (Å²) in [6.45, 7) is 1.86. The number of rotatable bonds is 5. The lowest BCUT2D eigenvalue weighted by Crippen LogP contribution is -2.32. The largest absolute Gasteiger partial charge is 0.481 e. The van der Waals surface area contributed by atoms with Gasteiger partial charge in [0.25, 0.3) is 5.91 Å². The second kappa shape index (κ2) is 7.73. The van der Waals surface area contributed by atoms with E-state index in [0.29, 0.717) is 32.9 Å². The summed E-state index contributed by atoms with van der Waals surface area (Å²) in [7, 11) is 0. The maximum atomic E-state index is 12.3. The Morgan fingerprint density at radius 3 is 2.36 bits per heavy atom. The van der Waals surface area contributed by atoms with Crippen molar-refractivity contribution in [3.05, 3.63) is 57.5 Å². The summed E-state index contributed by atoms with van der Waals surface area (Å²) in [5.41, 5.74) is 0.524. The van der Waals surface area contributed by atoms with Crippen LogP contribution in [0.1, 0.15) is 13.3 Å². The molecule has 0 aliphatic carbocycles. The molecule has 0 saturated heterocycles. The van der Waals surface area contributed by atoms with Crippen molar-refractivity contribution in [1.29, 1.82) is 0 Å². The zero-order valence-corrected chi connectivity index (χ0v) is 14.0. The van der Waals surface area contributed by atoms with Crippen LogP contribution in [0.2, 0.25) is 15.1 Å². The van der Waals surface area contributed by atoms with E-state index in [0.717, 1.165) is 0 Å². The first-order chi connectivity index (χ1) is 10.5. The van der Waals surface area contributed by atoms with Crippen LogP contribution in [0.15, 0.2) is 42.5 Å². The molecule has 22 heavy (non-hydrogen) atoms. The lowest BCUT2D eigenvalue weighted by atomic mass is 10.2. The zero-order chi connectivity index (χ0) is 16.1. The van der Waals surface area contributed by atoms with Gasteiger partial charge in [0, 0.05) is 20.8 Å². The second-order valence-corrected chi connectivity index (χ2v) is 5.93. The van der Waals surface area contributed by atoms with Crippen molar-refractivity contribution in [2.75, 3.05) is 5.32 Å². The number of halogens is 3. The standard InChI is InChI=1S/C16H14Cl3NO2/c1-2-15(22-14-5-3-4-10(17)9-14)16(21)20-13-7-11(18)6-12(19)8-13/h3-9,15H,2H2,1H3,(H,20,21)/t15-/m1/s1. The Hall–Kier alpha value is -1.42. The fourth-order valence-electron chi connectivity index (χ4n) is 1.88. The SMILES string of the molecule is CC[C@@H](Oc1cccc(Cl)c1)C(=O)Nc1cc(Cl)cc(Cl)c1. The average Bonchev–Trinajstić information content (AvgIpc) is 2.43. The van der Waals surface area contributed by atoms with Crippen molar-refractivity contribution < 1.29 is 9.53 Å². The molecule has 1 atom stereocenters. The maximum absolute atomic E-state index is 12.3. The molecule has 3 nitrogen and oxygen atoms in total. The van der Waals surface area contributed by atoms with Gasteiger partial charge in [-0.05, 0) is 42.8 Å². The minimum Gasteiger partial charge on any atom is -0.481 e. The van der Waals surface area contributed by atoms with Crippen molar-refractivity contribution in [1.82, 2.24) is 0 Å². The first-order valence-corrected chi connectivity index (χ1v) is 7.80. The number of amides is 1. The van der Waals surface area contributed by atoms with Crippen molar-refractivity contribution in [3.8, 4) is 5.75 Å². The number of carbonyl (C=O) groups excluding carboxylic acids is 1. The average molecular weight is 359 g/mol. The second-order valence-electron chi connectivity index (χ2n) is 4.62. The highest BCUT2D eigenvalue weighted by atomic mass is 35.5. The molecule has 0 aliphatic rings. The van der Waals surface area contributed by atoms with Crippen LogP contribution in [0.3, 0.4) is 0 Å². The predicted molar refractivity (Wildman–Crippen MR) is 91.3 cm³/mol. The Kier molecular flexibility index (Phi) is 5.95. The fraction of sp³-hybridized carbons (Fsp3) is 0.188. The van der Waals surface area contributed by atoms with E-state index in [9.17, 15) is 4.79 Å². The molecule has 2 rings (SSSR count). The fourth-order valence-corrected chi connectivity index (χ4v) is 2.58. The highest BCUT2D eigenvalue weighted by Gasteiger charge is 2.19. The molecule has 0 fully saturated rings. The van der Waals surface area contributed by atoms with Gasteiger partial charge in [-0.3, -0.25) is 4.79 Å². The van der Waals surface area contributed by atoms with Crippen LogP contribution < -0.4 is 10.1 Å². The molecule has 0 saturated carbocycles. The number of carbonyl (C=O) groups is 1. The normalized spacial score (nSPS) is 11.8. The Morgan fingerprint density at radius 1 is 1.09 bits per heavy atom. The molecule has 0 radical (unpaired) electrons. The van der Waals surface area contributed by atoms with E-state index >= 15 is 0 Å². The molecule has 1 amide bonds. The molecule has 116 valence electrons. The minimum atomic E-state index is -0.642. The third kappa shape index (κ3) is 4.80. The number of anilines is 1. The van der Waals surface area contributed by atoms with Gasteiger partial charge >= 0.3 is 0 Å². The van der Waals surface area contributed by atoms with Gasteiger partial charge in [0.1, 0.15) is 5.75 Å². The summed E-state index contributed by atoms with van der Waals surface area (Å²) in [5, 5.41) is 4.20. The van der Waals surface area contributed by atoms with E-state index < -0.39 is 6.10 Å². The van der Waals surface area contributed by atoms with Crippen LogP contribution in [0.5, 0.6) is 5.75 Å². The van der Waals surface area contributed by atoms with Gasteiger partial charge in [-0.25, -0.2) is 0 Å². The summed E-state index contributed by atoms with van der Waals surface area (Å²) in [4.78, 5) is 12.3. The van der Waals surface area contributed by atoms with Crippen molar-refractivity contribution in [3.63, 3.8) is 0 Å². The molecule has 0 spiro atoms. The Labute approximate surface area is 144 Å². The number of ether oxygens (including phenoxy) is 1. The van der Waals surface area contributed by atoms with E-state index in [1.807, 2.05) is 6.92 Å². The van der Waals surface area contributed by atoms with Gasteiger partial charge in [-0.2, -0.15) is 0 Å². The van der Waals surface area contributed by atoms with Crippen LogP contribution in [0, 0.1) is 0 Å². The first-order valence-electron chi connectivity index (χ1n) is 6.67. The van der Waals surface area contributed by atoms with E-state index in [1.165, 1.54) is 0 Å². The van der Waals surface area contributed by atoms with Crippen molar-refractivity contribution in [2.24, 2.45) is 0 Å². The van der Waals surface area contributed by atoms with Gasteiger partial charge < -0.3 is 10.1 Å². The Bertz CT molecular complexity index is 656. The van der Waals surface area contributed by atoms with Crippen LogP contribution in [-0.4, -0.2) is 12.0 Å². The first kappa shape index (κ1) is 16.9. The van der Waals surface area contributed by atoms with Gasteiger partial charge in [0.15, 0.2) is 6.10 Å². The summed E-state index contributed by atoms with van der Waals surface area (Å²) < 4.78 is 5.68. The van der Waals surface area contributed by atoms with Crippen LogP contribution in [0.25, 0.3) is 0 Å². The zero-order valence-electron chi connectivity index (χ0n) is 11.8. The molecule has 0 aromatic heterocycles. The number of benzene rings is 2. The lowest BCUT2D eigenvalue weighted by Gasteiger charge is -2.17. The van der Waals surface area contributed by atoms with E-state index in [-0.39, 0.29) is 5.91 Å². The highest BCUT2D eigenvalue weighted by molar-refractivity contribution is 6.35.